The van der Waals surface area contributed by atoms with Crippen molar-refractivity contribution in [3.63, 3.8) is 0 Å². The second-order valence-corrected chi connectivity index (χ2v) is 18.4. The molecule has 7 aliphatic rings. The van der Waals surface area contributed by atoms with E-state index in [0.717, 1.165) is 32.1 Å². The quantitative estimate of drug-likeness (QED) is 0.107. The zero-order valence-corrected chi connectivity index (χ0v) is 32.0. The van der Waals surface area contributed by atoms with Gasteiger partial charge in [0.15, 0.2) is 18.7 Å². The van der Waals surface area contributed by atoms with Crippen LogP contribution in [0.3, 0.4) is 0 Å². The van der Waals surface area contributed by atoms with Crippen LogP contribution in [0.1, 0.15) is 78.6 Å². The van der Waals surface area contributed by atoms with Gasteiger partial charge in [0.25, 0.3) is 0 Å². The third-order valence-electron chi connectivity index (χ3n) is 15.1. The minimum absolute atomic E-state index is 0.117. The van der Waals surface area contributed by atoms with E-state index in [1.54, 1.807) is 0 Å². The second kappa shape index (κ2) is 15.5. The Labute approximate surface area is 324 Å². The maximum Gasteiger partial charge on any atom is 0.314 e. The van der Waals surface area contributed by atoms with Gasteiger partial charge in [-0.25, -0.2) is 0 Å². The highest BCUT2D eigenvalue weighted by molar-refractivity contribution is 5.88. The summed E-state index contributed by atoms with van der Waals surface area (Å²) in [4.78, 5) is 28.0. The number of carbonyl (C=O) groups excluding carboxylic acids is 2. The molecule has 0 aromatic carbocycles. The van der Waals surface area contributed by atoms with Crippen LogP contribution in [0.5, 0.6) is 0 Å². The molecule has 0 amide bonds. The van der Waals surface area contributed by atoms with Crippen molar-refractivity contribution >= 4 is 11.8 Å². The summed E-state index contributed by atoms with van der Waals surface area (Å²) in [5.41, 5.74) is -1.80. The van der Waals surface area contributed by atoms with Crippen molar-refractivity contribution in [3.8, 4) is 0 Å². The van der Waals surface area contributed by atoms with Gasteiger partial charge >= 0.3 is 5.97 Å². The van der Waals surface area contributed by atoms with Crippen LogP contribution in [0, 0.1) is 33.5 Å². The third kappa shape index (κ3) is 6.77. The highest BCUT2D eigenvalue weighted by atomic mass is 16.8. The van der Waals surface area contributed by atoms with Crippen molar-refractivity contribution in [2.75, 3.05) is 19.8 Å². The summed E-state index contributed by atoms with van der Waals surface area (Å²) in [5.74, 6) is -0.291. The maximum atomic E-state index is 14.8. The molecule has 1 spiro atoms. The van der Waals surface area contributed by atoms with Crippen LogP contribution in [-0.4, -0.2) is 175 Å². The molecule has 56 heavy (non-hydrogen) atoms. The predicted octanol–water partition coefficient (Wildman–Crippen LogP) is -2.65. The van der Waals surface area contributed by atoms with Crippen molar-refractivity contribution in [1.29, 1.82) is 0 Å². The molecule has 4 saturated carbocycles. The molecule has 0 aromatic heterocycles. The lowest BCUT2D eigenvalue weighted by molar-refractivity contribution is -0.388. The smallest absolute Gasteiger partial charge is 0.314 e. The molecule has 0 radical (unpaired) electrons. The fourth-order valence-electron chi connectivity index (χ4n) is 12.1. The Balaban J connectivity index is 1.20. The molecule has 4 aliphatic carbocycles. The lowest BCUT2D eigenvalue weighted by Crippen LogP contribution is -2.67. The van der Waals surface area contributed by atoms with Crippen molar-refractivity contribution in [3.05, 3.63) is 0 Å². The van der Waals surface area contributed by atoms with Gasteiger partial charge in [-0.2, -0.15) is 0 Å². The minimum Gasteiger partial charge on any atom is -0.432 e. The summed E-state index contributed by atoms with van der Waals surface area (Å²) in [7, 11) is 0. The number of esters is 1. The topological polar surface area (TPSA) is 292 Å². The molecule has 18 nitrogen and oxygen atoms in total. The van der Waals surface area contributed by atoms with Gasteiger partial charge in [-0.3, -0.25) is 9.59 Å². The van der Waals surface area contributed by atoms with Crippen LogP contribution < -0.4 is 0 Å². The van der Waals surface area contributed by atoms with Crippen LogP contribution in [0.25, 0.3) is 0 Å². The molecule has 10 N–H and O–H groups in total. The Morgan fingerprint density at radius 3 is 1.73 bits per heavy atom. The normalized spacial score (nSPS) is 54.6. The van der Waals surface area contributed by atoms with Crippen LogP contribution in [0.4, 0.5) is 0 Å². The first-order valence-corrected chi connectivity index (χ1v) is 20.0. The largest absolute Gasteiger partial charge is 0.432 e. The third-order valence-corrected chi connectivity index (χ3v) is 15.1. The van der Waals surface area contributed by atoms with E-state index in [1.807, 2.05) is 6.92 Å². The summed E-state index contributed by atoms with van der Waals surface area (Å²) < 4.78 is 35.3. The molecule has 3 aliphatic heterocycles. The number of ether oxygens (including phenoxy) is 6. The van der Waals surface area contributed by atoms with E-state index in [9.17, 15) is 60.7 Å². The zero-order chi connectivity index (χ0) is 40.7. The highest BCUT2D eigenvalue weighted by Gasteiger charge is 2.69. The first kappa shape index (κ1) is 42.7. The molecule has 0 aromatic rings. The van der Waals surface area contributed by atoms with Gasteiger partial charge in [-0.15, -0.1) is 0 Å². The van der Waals surface area contributed by atoms with E-state index in [2.05, 4.69) is 13.8 Å². The van der Waals surface area contributed by atoms with Gasteiger partial charge in [0.1, 0.15) is 72.9 Å². The molecule has 16 unspecified atom stereocenters. The van der Waals surface area contributed by atoms with Crippen molar-refractivity contribution in [2.45, 2.75) is 171 Å². The van der Waals surface area contributed by atoms with E-state index in [4.69, 9.17) is 28.4 Å². The van der Waals surface area contributed by atoms with Crippen LogP contribution in [0.15, 0.2) is 0 Å². The Hall–Kier alpha value is -1.46. The zero-order valence-electron chi connectivity index (χ0n) is 32.0. The number of carbonyl (C=O) groups is 2. The average Bonchev–Trinajstić information content (AvgIpc) is 3.35. The first-order valence-electron chi connectivity index (χ1n) is 20.0. The Kier molecular flexibility index (Phi) is 11.8. The number of hydrogen-bond donors (Lipinski definition) is 10. The van der Waals surface area contributed by atoms with E-state index in [1.165, 1.54) is 0 Å². The SMILES string of the molecule is C[C@]12CC[C@@H]3[C@](CCC4[C@](C)(C(=O)OC5OC(CO)C(O)C(OC6OC(CO)C(O)C(O)C6O)C5OC5OC(CO)C(O)C(O)C5O)CCC[C@]43C)(CC1=O)C2. The van der Waals surface area contributed by atoms with Crippen molar-refractivity contribution < 1.29 is 89.1 Å². The van der Waals surface area contributed by atoms with E-state index in [-0.39, 0.29) is 28.1 Å². The number of aliphatic hydroxyl groups excluding tert-OH is 10. The first-order chi connectivity index (χ1) is 26.4. The van der Waals surface area contributed by atoms with Crippen LogP contribution in [-0.2, 0) is 38.0 Å². The van der Waals surface area contributed by atoms with Gasteiger partial charge < -0.3 is 79.5 Å². The number of rotatable bonds is 9. The number of ketones is 1. The van der Waals surface area contributed by atoms with E-state index in [0.29, 0.717) is 31.5 Å². The molecule has 320 valence electrons. The molecule has 2 bridgehead atoms. The molecule has 3 heterocycles. The van der Waals surface area contributed by atoms with Crippen molar-refractivity contribution in [1.82, 2.24) is 0 Å². The van der Waals surface area contributed by atoms with Crippen molar-refractivity contribution in [2.24, 2.45) is 33.5 Å². The van der Waals surface area contributed by atoms with Gasteiger partial charge in [0.2, 0.25) is 6.29 Å². The molecule has 7 fully saturated rings. The van der Waals surface area contributed by atoms with Gasteiger partial charge in [-0.1, -0.05) is 20.3 Å². The predicted molar refractivity (Wildman–Crippen MR) is 185 cm³/mol. The molecule has 21 atom stereocenters. The number of aliphatic hydroxyl groups is 10. The lowest BCUT2D eigenvalue weighted by atomic mass is 9.40. The Morgan fingerprint density at radius 2 is 1.16 bits per heavy atom. The summed E-state index contributed by atoms with van der Waals surface area (Å²) in [5, 5.41) is 105. The standard InChI is InChI=1S/C38H60O18/c1-35-9-5-20-36(2)7-4-8-37(3,19(36)6-10-38(20,15-35)11-21(35)42)34(50)56-33-30(55-32-28(49)26(47)23(44)17(13-40)52-32)29(24(45)18(14-41)53-33)54-31-27(48)25(46)22(43)16(12-39)51-31/h16-20,22-33,39-41,43-49H,4-15H2,1-3H3/t16?,17?,18?,19?,20-,22?,23?,24?,25?,26?,27?,28?,29?,30?,31?,32?,33?,35+,36+,37+,38+/m0/s1. The molecular formula is C38H60O18. The molecule has 7 rings (SSSR count). The number of fused-ring (bicyclic) bond motifs is 3. The lowest BCUT2D eigenvalue weighted by Gasteiger charge is -2.64. The Morgan fingerprint density at radius 1 is 0.643 bits per heavy atom. The number of Topliss-reactive ketones (excluding diaryl/α,β-unsaturated/α-hetero) is 1. The molecule has 3 saturated heterocycles. The van der Waals surface area contributed by atoms with Crippen LogP contribution >= 0.6 is 0 Å². The summed E-state index contributed by atoms with van der Waals surface area (Å²) in [6.45, 7) is 3.70. The fraction of sp³-hybridized carbons (Fsp3) is 0.947. The molecular weight excluding hydrogens is 744 g/mol. The minimum atomic E-state index is -1.96. The second-order valence-electron chi connectivity index (χ2n) is 18.4. The maximum absolute atomic E-state index is 14.8. The average molecular weight is 805 g/mol. The summed E-state index contributed by atoms with van der Waals surface area (Å²) in [6.07, 6.45) is -20.0. The van der Waals surface area contributed by atoms with Gasteiger partial charge in [0, 0.05) is 11.8 Å². The van der Waals surface area contributed by atoms with Gasteiger partial charge in [0.05, 0.1) is 25.2 Å². The highest BCUT2D eigenvalue weighted by Crippen LogP contribution is 2.73. The van der Waals surface area contributed by atoms with E-state index < -0.39 is 123 Å². The summed E-state index contributed by atoms with van der Waals surface area (Å²) >= 11 is 0. The summed E-state index contributed by atoms with van der Waals surface area (Å²) in [6, 6.07) is 0. The van der Waals surface area contributed by atoms with Gasteiger partial charge in [-0.05, 0) is 74.5 Å². The Bertz CT molecular complexity index is 1450. The van der Waals surface area contributed by atoms with E-state index >= 15 is 0 Å². The molecule has 18 heteroatoms. The fourth-order valence-corrected chi connectivity index (χ4v) is 12.1. The number of hydrogen-bond acceptors (Lipinski definition) is 18. The monoisotopic (exact) mass is 804 g/mol. The van der Waals surface area contributed by atoms with Crippen LogP contribution in [0.2, 0.25) is 0 Å².